The van der Waals surface area contributed by atoms with Crippen LogP contribution in [0.4, 0.5) is 0 Å². The number of nitrogens with zero attached hydrogens (tertiary/aromatic N) is 2. The van der Waals surface area contributed by atoms with Crippen LogP contribution in [-0.4, -0.2) is 72.8 Å². The Kier molecular flexibility index (Phi) is 11.9. The number of hydrogen-bond acceptors (Lipinski definition) is 5. The van der Waals surface area contributed by atoms with E-state index in [9.17, 15) is 19.5 Å². The van der Waals surface area contributed by atoms with E-state index in [1.807, 2.05) is 12.1 Å². The molecule has 0 aliphatic heterocycles. The first-order chi connectivity index (χ1) is 27.3. The number of aliphatic carboxylic acids is 1. The fourth-order valence-electron chi connectivity index (χ4n) is 14.3. The van der Waals surface area contributed by atoms with E-state index < -0.39 is 11.4 Å². The standard InChI is InChI=1S/C50H72ClN3O4/c1-32(2)42-39(55)30-50(45(58)52-26-27-54(29-28-53(8)9)31-33-10-16-36(51)17-11-33)25-24-48(6)38(43(42)50)18-19-41-47(5)22-20-37(34-12-14-35(15-13-34)44(56)57)46(3,4)40(47)21-23-49(41,48)7/h10-12,16-17,20,32,35,38,40-41H,13-15,18-19,21-31H2,1-9H3,(H,52,58)(H,56,57)/t35-,38-,40-,41-,47+,48-,49-,50-/m1/s1. The number of ketones is 1. The number of Topliss-reactive ketones (excluding diaryl/α,β-unsaturated/α-hetero) is 1. The highest BCUT2D eigenvalue weighted by Crippen LogP contribution is 2.76. The lowest BCUT2D eigenvalue weighted by molar-refractivity contribution is -0.199. The van der Waals surface area contributed by atoms with Crippen molar-refractivity contribution in [1.82, 2.24) is 15.1 Å². The van der Waals surface area contributed by atoms with Crippen molar-refractivity contribution in [2.75, 3.05) is 40.3 Å². The number of amides is 1. The monoisotopic (exact) mass is 814 g/mol. The summed E-state index contributed by atoms with van der Waals surface area (Å²) < 4.78 is 0. The van der Waals surface area contributed by atoms with Crippen LogP contribution < -0.4 is 5.32 Å². The molecule has 2 N–H and O–H groups in total. The summed E-state index contributed by atoms with van der Waals surface area (Å²) in [5.74, 6) is 0.721. The van der Waals surface area contributed by atoms with E-state index in [0.717, 1.165) is 88.1 Å². The zero-order valence-corrected chi connectivity index (χ0v) is 37.9. The van der Waals surface area contributed by atoms with Crippen molar-refractivity contribution >= 4 is 29.3 Å². The number of nitrogens with one attached hydrogen (secondary N) is 1. The molecule has 8 heteroatoms. The van der Waals surface area contributed by atoms with E-state index in [0.29, 0.717) is 31.2 Å². The molecule has 1 amide bonds. The minimum absolute atomic E-state index is 0.00978. The molecule has 7 rings (SSSR count). The maximum atomic E-state index is 14.8. The lowest BCUT2D eigenvalue weighted by Crippen LogP contribution is -2.64. The van der Waals surface area contributed by atoms with Gasteiger partial charge in [0.25, 0.3) is 0 Å². The third-order valence-corrected chi connectivity index (χ3v) is 17.7. The maximum absolute atomic E-state index is 14.8. The van der Waals surface area contributed by atoms with E-state index in [-0.39, 0.29) is 51.1 Å². The molecule has 0 spiro atoms. The Hall–Kier alpha value is -2.74. The Balaban J connectivity index is 1.13. The second kappa shape index (κ2) is 15.9. The highest BCUT2D eigenvalue weighted by atomic mass is 35.5. The van der Waals surface area contributed by atoms with Crippen LogP contribution in [-0.2, 0) is 20.9 Å². The fourth-order valence-corrected chi connectivity index (χ4v) is 14.4. The van der Waals surface area contributed by atoms with Crippen LogP contribution >= 0.6 is 11.6 Å². The molecule has 58 heavy (non-hydrogen) atoms. The minimum atomic E-state index is -0.756. The molecular weight excluding hydrogens is 742 g/mol. The summed E-state index contributed by atoms with van der Waals surface area (Å²) >= 11 is 6.19. The fraction of sp³-hybridized carbons (Fsp3) is 0.700. The highest BCUT2D eigenvalue weighted by molar-refractivity contribution is 6.30. The van der Waals surface area contributed by atoms with Gasteiger partial charge in [-0.2, -0.15) is 0 Å². The number of carbonyl (C=O) groups excluding carboxylic acids is 2. The van der Waals surface area contributed by atoms with Gasteiger partial charge in [0.05, 0.1) is 11.3 Å². The van der Waals surface area contributed by atoms with Crippen molar-refractivity contribution in [2.24, 2.45) is 56.7 Å². The van der Waals surface area contributed by atoms with E-state index in [1.54, 1.807) is 0 Å². The van der Waals surface area contributed by atoms with Crippen molar-refractivity contribution in [1.29, 1.82) is 0 Å². The predicted octanol–water partition coefficient (Wildman–Crippen LogP) is 10.1. The molecule has 7 nitrogen and oxygen atoms in total. The molecule has 3 fully saturated rings. The topological polar surface area (TPSA) is 89.9 Å². The Morgan fingerprint density at radius 3 is 2.26 bits per heavy atom. The highest BCUT2D eigenvalue weighted by Gasteiger charge is 2.70. The van der Waals surface area contributed by atoms with Gasteiger partial charge in [0.15, 0.2) is 5.78 Å². The molecule has 1 aromatic rings. The van der Waals surface area contributed by atoms with Crippen molar-refractivity contribution in [3.63, 3.8) is 0 Å². The molecule has 6 aliphatic rings. The van der Waals surface area contributed by atoms with Crippen LogP contribution in [0.2, 0.25) is 5.02 Å². The first-order valence-corrected chi connectivity index (χ1v) is 23.0. The first kappa shape index (κ1) is 43.4. The summed E-state index contributed by atoms with van der Waals surface area (Å²) in [6, 6.07) is 8.04. The van der Waals surface area contributed by atoms with Gasteiger partial charge >= 0.3 is 5.97 Å². The number of fused-ring (bicyclic) bond motifs is 7. The molecule has 318 valence electrons. The SMILES string of the molecule is CC(C)C1=C2[C@H]3CC[C@@H]4[C@@]5(C)CC=C(C6=CC[C@@H](C(=O)O)CC6)C(C)(C)[C@H]5CC[C@@]4(C)[C@]3(C)CC[C@@]2(C(=O)NCCN(CCN(C)C)Cc2ccc(Cl)cc2)CC1=O. The summed E-state index contributed by atoms with van der Waals surface area (Å²) in [5.41, 5.74) is 5.70. The summed E-state index contributed by atoms with van der Waals surface area (Å²) in [6.07, 6.45) is 14.6. The molecular formula is C50H72ClN3O4. The van der Waals surface area contributed by atoms with Crippen molar-refractivity contribution < 1.29 is 19.5 Å². The molecule has 1 aromatic carbocycles. The van der Waals surface area contributed by atoms with Crippen molar-refractivity contribution in [3.8, 4) is 0 Å². The van der Waals surface area contributed by atoms with Gasteiger partial charge in [-0.25, -0.2) is 0 Å². The summed E-state index contributed by atoms with van der Waals surface area (Å²) in [5, 5.41) is 13.8. The Bertz CT molecular complexity index is 1880. The van der Waals surface area contributed by atoms with Crippen LogP contribution in [0.1, 0.15) is 125 Å². The average molecular weight is 815 g/mol. The summed E-state index contributed by atoms with van der Waals surface area (Å²) in [4.78, 5) is 45.4. The second-order valence-electron chi connectivity index (χ2n) is 21.3. The number of halogens is 1. The number of allylic oxidation sites excluding steroid dienone is 5. The normalized spacial score (nSPS) is 35.6. The number of likely N-dealkylation sites (N-methyl/N-ethyl adjacent to an activating group) is 1. The summed E-state index contributed by atoms with van der Waals surface area (Å²) in [6.45, 7) is 20.9. The van der Waals surface area contributed by atoms with Crippen molar-refractivity contribution in [3.05, 3.63) is 69.3 Å². The van der Waals surface area contributed by atoms with Crippen LogP contribution in [0.25, 0.3) is 0 Å². The third kappa shape index (κ3) is 7.19. The van der Waals surface area contributed by atoms with E-state index >= 15 is 0 Å². The van der Waals surface area contributed by atoms with Gasteiger partial charge in [-0.05, 0) is 164 Å². The number of carboxylic acid groups (broad SMARTS) is 1. The van der Waals surface area contributed by atoms with Gasteiger partial charge < -0.3 is 15.3 Å². The van der Waals surface area contributed by atoms with Gasteiger partial charge in [-0.15, -0.1) is 0 Å². The average Bonchev–Trinajstić information content (AvgIpc) is 3.48. The Labute approximate surface area is 354 Å². The lowest BCUT2D eigenvalue weighted by atomic mass is 9.33. The lowest BCUT2D eigenvalue weighted by Gasteiger charge is -2.71. The molecule has 0 heterocycles. The van der Waals surface area contributed by atoms with Crippen LogP contribution in [0.3, 0.4) is 0 Å². The second-order valence-corrected chi connectivity index (χ2v) is 21.8. The van der Waals surface area contributed by atoms with Crippen LogP contribution in [0, 0.1) is 56.7 Å². The number of rotatable bonds is 12. The number of benzene rings is 1. The van der Waals surface area contributed by atoms with Gasteiger partial charge in [0, 0.05) is 44.2 Å². The van der Waals surface area contributed by atoms with Gasteiger partial charge in [-0.3, -0.25) is 19.3 Å². The van der Waals surface area contributed by atoms with Gasteiger partial charge in [-0.1, -0.05) is 84.4 Å². The molecule has 3 saturated carbocycles. The number of hydrogen-bond donors (Lipinski definition) is 2. The number of carbonyl (C=O) groups is 3. The minimum Gasteiger partial charge on any atom is -0.481 e. The molecule has 0 bridgehead atoms. The van der Waals surface area contributed by atoms with E-state index in [4.69, 9.17) is 11.6 Å². The maximum Gasteiger partial charge on any atom is 0.306 e. The van der Waals surface area contributed by atoms with E-state index in [2.05, 4.69) is 102 Å². The Morgan fingerprint density at radius 1 is 0.897 bits per heavy atom. The largest absolute Gasteiger partial charge is 0.481 e. The van der Waals surface area contributed by atoms with Crippen LogP contribution in [0.5, 0.6) is 0 Å². The molecule has 0 unspecified atom stereocenters. The molecule has 0 aromatic heterocycles. The van der Waals surface area contributed by atoms with Crippen LogP contribution in [0.15, 0.2) is 58.7 Å². The summed E-state index contributed by atoms with van der Waals surface area (Å²) in [7, 11) is 4.18. The Morgan fingerprint density at radius 2 is 1.62 bits per heavy atom. The zero-order valence-electron chi connectivity index (χ0n) is 37.1. The quantitative estimate of drug-likeness (QED) is 0.219. The van der Waals surface area contributed by atoms with E-state index in [1.165, 1.54) is 28.7 Å². The number of carboxylic acids is 1. The predicted molar refractivity (Wildman–Crippen MR) is 234 cm³/mol. The third-order valence-electron chi connectivity index (χ3n) is 17.4. The zero-order chi connectivity index (χ0) is 42.0. The molecule has 6 aliphatic carbocycles. The van der Waals surface area contributed by atoms with Gasteiger partial charge in [0.2, 0.25) is 5.91 Å². The molecule has 0 radical (unpaired) electrons. The van der Waals surface area contributed by atoms with Crippen molar-refractivity contribution in [2.45, 2.75) is 126 Å². The smallest absolute Gasteiger partial charge is 0.306 e. The molecule has 8 atom stereocenters. The first-order valence-electron chi connectivity index (χ1n) is 22.6. The van der Waals surface area contributed by atoms with Gasteiger partial charge in [0.1, 0.15) is 0 Å². The molecule has 0 saturated heterocycles.